The van der Waals surface area contributed by atoms with Crippen LogP contribution in [0.25, 0.3) is 10.9 Å². The predicted octanol–water partition coefficient (Wildman–Crippen LogP) is 2.54. The van der Waals surface area contributed by atoms with Crippen LogP contribution in [-0.4, -0.2) is 40.7 Å². The third-order valence-electron chi connectivity index (χ3n) is 5.99. The molecule has 0 unspecified atom stereocenters. The van der Waals surface area contributed by atoms with Crippen molar-refractivity contribution in [2.24, 2.45) is 5.41 Å². The Balaban J connectivity index is 1.31. The molecule has 1 aliphatic heterocycles. The number of hydrogen-bond acceptors (Lipinski definition) is 3. The van der Waals surface area contributed by atoms with Crippen molar-refractivity contribution >= 4 is 28.6 Å². The Bertz CT molecular complexity index is 880. The number of imide groups is 1. The van der Waals surface area contributed by atoms with Gasteiger partial charge in [-0.1, -0.05) is 37.5 Å². The third kappa shape index (κ3) is 3.36. The summed E-state index contributed by atoms with van der Waals surface area (Å²) in [5.41, 5.74) is 1.69. The molecule has 142 valence electrons. The summed E-state index contributed by atoms with van der Waals surface area (Å²) in [6.45, 7) is 0.315. The van der Waals surface area contributed by atoms with E-state index < -0.39 is 5.41 Å². The van der Waals surface area contributed by atoms with Crippen LogP contribution in [-0.2, 0) is 20.8 Å². The van der Waals surface area contributed by atoms with E-state index in [1.165, 1.54) is 4.90 Å². The minimum Gasteiger partial charge on any atom is -0.361 e. The quantitative estimate of drug-likeness (QED) is 0.797. The molecule has 2 heterocycles. The van der Waals surface area contributed by atoms with Crippen molar-refractivity contribution in [2.45, 2.75) is 44.9 Å². The number of aromatic nitrogens is 1. The molecule has 1 spiro atoms. The van der Waals surface area contributed by atoms with E-state index in [9.17, 15) is 14.4 Å². The van der Waals surface area contributed by atoms with Gasteiger partial charge < -0.3 is 10.3 Å². The highest BCUT2D eigenvalue weighted by atomic mass is 16.2. The molecular weight excluding hydrogens is 342 g/mol. The smallest absolute Gasteiger partial charge is 0.240 e. The van der Waals surface area contributed by atoms with E-state index in [4.69, 9.17) is 0 Å². The monoisotopic (exact) mass is 367 g/mol. The lowest BCUT2D eigenvalue weighted by Crippen LogP contribution is -2.43. The van der Waals surface area contributed by atoms with E-state index in [0.29, 0.717) is 13.0 Å². The van der Waals surface area contributed by atoms with Crippen LogP contribution in [0.3, 0.4) is 0 Å². The maximum Gasteiger partial charge on any atom is 0.240 e. The molecule has 2 aliphatic rings. The van der Waals surface area contributed by atoms with Crippen molar-refractivity contribution in [3.05, 3.63) is 36.0 Å². The van der Waals surface area contributed by atoms with Crippen LogP contribution in [0, 0.1) is 5.41 Å². The van der Waals surface area contributed by atoms with Crippen molar-refractivity contribution < 1.29 is 14.4 Å². The largest absolute Gasteiger partial charge is 0.361 e. The second-order valence-corrected chi connectivity index (χ2v) is 7.76. The highest BCUT2D eigenvalue weighted by molar-refractivity contribution is 6.08. The number of aromatic amines is 1. The van der Waals surface area contributed by atoms with Gasteiger partial charge in [0.05, 0.1) is 5.41 Å². The molecule has 1 aliphatic carbocycles. The number of carbonyl (C=O) groups is 3. The Hall–Kier alpha value is -2.63. The van der Waals surface area contributed by atoms with Gasteiger partial charge in [-0.25, -0.2) is 0 Å². The molecule has 0 bridgehead atoms. The van der Waals surface area contributed by atoms with Gasteiger partial charge in [-0.2, -0.15) is 0 Å². The fraction of sp³-hybridized carbons (Fsp3) is 0.476. The first-order valence-electron chi connectivity index (χ1n) is 9.76. The summed E-state index contributed by atoms with van der Waals surface area (Å²) in [4.78, 5) is 41.8. The summed E-state index contributed by atoms with van der Waals surface area (Å²) in [5, 5.41) is 4.00. The van der Waals surface area contributed by atoms with E-state index in [1.54, 1.807) is 0 Å². The van der Waals surface area contributed by atoms with Crippen molar-refractivity contribution in [1.29, 1.82) is 0 Å². The van der Waals surface area contributed by atoms with E-state index in [1.807, 2.05) is 30.5 Å². The van der Waals surface area contributed by atoms with E-state index in [-0.39, 0.29) is 30.7 Å². The summed E-state index contributed by atoms with van der Waals surface area (Å²) in [6, 6.07) is 8.04. The Kier molecular flexibility index (Phi) is 4.72. The third-order valence-corrected chi connectivity index (χ3v) is 5.99. The standard InChI is InChI=1S/C21H25N3O3/c25-18(22-11-8-15-13-23-17-7-3-2-6-16(15)17)14-24-19(26)12-21(20(24)27)9-4-1-5-10-21/h2-3,6-7,13,23H,1,4-5,8-12,14H2,(H,22,25). The SMILES string of the molecule is O=C(CN1C(=O)CC2(CCCCC2)C1=O)NCCc1c[nH]c2ccccc12. The van der Waals surface area contributed by atoms with Crippen LogP contribution in [0.5, 0.6) is 0 Å². The summed E-state index contributed by atoms with van der Waals surface area (Å²) in [5.74, 6) is -0.614. The van der Waals surface area contributed by atoms with Gasteiger partial charge in [0.15, 0.2) is 0 Å². The molecule has 6 nitrogen and oxygen atoms in total. The van der Waals surface area contributed by atoms with Crippen molar-refractivity contribution in [3.8, 4) is 0 Å². The van der Waals surface area contributed by atoms with Gasteiger partial charge >= 0.3 is 0 Å². The first-order valence-corrected chi connectivity index (χ1v) is 9.76. The zero-order valence-electron chi connectivity index (χ0n) is 15.4. The molecule has 1 saturated carbocycles. The van der Waals surface area contributed by atoms with Gasteiger partial charge in [-0.05, 0) is 30.9 Å². The Morgan fingerprint density at radius 3 is 2.74 bits per heavy atom. The number of nitrogens with one attached hydrogen (secondary N) is 2. The van der Waals surface area contributed by atoms with Crippen LogP contribution < -0.4 is 5.32 Å². The Morgan fingerprint density at radius 2 is 1.93 bits per heavy atom. The first kappa shape index (κ1) is 17.8. The minimum absolute atomic E-state index is 0.140. The van der Waals surface area contributed by atoms with Gasteiger partial charge in [0.1, 0.15) is 6.54 Å². The van der Waals surface area contributed by atoms with Crippen LogP contribution in [0.4, 0.5) is 0 Å². The van der Waals surface area contributed by atoms with Crippen molar-refractivity contribution in [1.82, 2.24) is 15.2 Å². The maximum atomic E-state index is 12.8. The maximum absolute atomic E-state index is 12.8. The van der Waals surface area contributed by atoms with Gasteiger partial charge in [0, 0.05) is 30.1 Å². The Labute approximate surface area is 158 Å². The fourth-order valence-electron chi connectivity index (χ4n) is 4.51. The predicted molar refractivity (Wildman–Crippen MR) is 102 cm³/mol. The van der Waals surface area contributed by atoms with Gasteiger partial charge in [-0.15, -0.1) is 0 Å². The molecule has 0 radical (unpaired) electrons. The van der Waals surface area contributed by atoms with Crippen LogP contribution in [0.1, 0.15) is 44.1 Å². The van der Waals surface area contributed by atoms with Gasteiger partial charge in [-0.3, -0.25) is 19.3 Å². The zero-order chi connectivity index (χ0) is 18.9. The fourth-order valence-corrected chi connectivity index (χ4v) is 4.51. The van der Waals surface area contributed by atoms with Crippen LogP contribution >= 0.6 is 0 Å². The number of benzene rings is 1. The molecule has 1 aromatic carbocycles. The second-order valence-electron chi connectivity index (χ2n) is 7.76. The summed E-state index contributed by atoms with van der Waals surface area (Å²) in [6.07, 6.45) is 7.57. The van der Waals surface area contributed by atoms with Crippen molar-refractivity contribution in [3.63, 3.8) is 0 Å². The lowest BCUT2D eigenvalue weighted by molar-refractivity contribution is -0.145. The average molecular weight is 367 g/mol. The van der Waals surface area contributed by atoms with Crippen LogP contribution in [0.15, 0.2) is 30.5 Å². The van der Waals surface area contributed by atoms with E-state index in [0.717, 1.165) is 48.6 Å². The normalized spacial score (nSPS) is 19.2. The molecule has 2 N–H and O–H groups in total. The average Bonchev–Trinajstić information content (AvgIpc) is 3.18. The molecule has 1 saturated heterocycles. The van der Waals surface area contributed by atoms with Gasteiger partial charge in [0.2, 0.25) is 17.7 Å². The topological polar surface area (TPSA) is 82.3 Å². The number of carbonyl (C=O) groups excluding carboxylic acids is 3. The summed E-state index contributed by atoms with van der Waals surface area (Å²) in [7, 11) is 0. The zero-order valence-corrected chi connectivity index (χ0v) is 15.4. The number of rotatable bonds is 5. The number of nitrogens with zero attached hydrogens (tertiary/aromatic N) is 1. The summed E-state index contributed by atoms with van der Waals surface area (Å²) >= 11 is 0. The molecule has 3 amide bonds. The number of amides is 3. The number of hydrogen-bond donors (Lipinski definition) is 2. The molecule has 4 rings (SSSR count). The highest BCUT2D eigenvalue weighted by Gasteiger charge is 2.51. The first-order chi connectivity index (χ1) is 13.1. The lowest BCUT2D eigenvalue weighted by atomic mass is 9.73. The molecule has 27 heavy (non-hydrogen) atoms. The molecule has 2 fully saturated rings. The van der Waals surface area contributed by atoms with E-state index >= 15 is 0 Å². The molecule has 0 atom stereocenters. The molecule has 6 heteroatoms. The Morgan fingerprint density at radius 1 is 1.15 bits per heavy atom. The lowest BCUT2D eigenvalue weighted by Gasteiger charge is -2.30. The molecular formula is C21H25N3O3. The number of fused-ring (bicyclic) bond motifs is 1. The van der Waals surface area contributed by atoms with Crippen LogP contribution in [0.2, 0.25) is 0 Å². The van der Waals surface area contributed by atoms with Crippen molar-refractivity contribution in [2.75, 3.05) is 13.1 Å². The molecule has 2 aromatic rings. The number of para-hydroxylation sites is 1. The highest BCUT2D eigenvalue weighted by Crippen LogP contribution is 2.45. The number of likely N-dealkylation sites (tertiary alicyclic amines) is 1. The number of H-pyrrole nitrogens is 1. The van der Waals surface area contributed by atoms with E-state index in [2.05, 4.69) is 10.3 Å². The van der Waals surface area contributed by atoms with Gasteiger partial charge in [0.25, 0.3) is 0 Å². The summed E-state index contributed by atoms with van der Waals surface area (Å²) < 4.78 is 0. The second kappa shape index (κ2) is 7.18. The minimum atomic E-state index is -0.528. The molecule has 1 aromatic heterocycles.